The van der Waals surface area contributed by atoms with E-state index in [1.165, 1.54) is 5.57 Å². The molecule has 4 heterocycles. The maximum Gasteiger partial charge on any atom is 0.187 e. The van der Waals surface area contributed by atoms with Crippen LogP contribution in [0, 0.1) is 46.3 Å². The summed E-state index contributed by atoms with van der Waals surface area (Å²) >= 11 is 0. The van der Waals surface area contributed by atoms with Crippen LogP contribution in [0.4, 0.5) is 0 Å². The molecule has 4 saturated heterocycles. The first-order valence-corrected chi connectivity index (χ1v) is 19.4. The van der Waals surface area contributed by atoms with E-state index in [2.05, 4.69) is 33.8 Å². The molecule has 7 fully saturated rings. The first-order valence-electron chi connectivity index (χ1n) is 19.4. The Morgan fingerprint density at radius 1 is 0.820 bits per heavy atom. The van der Waals surface area contributed by atoms with Gasteiger partial charge in [0.25, 0.3) is 0 Å². The van der Waals surface area contributed by atoms with Gasteiger partial charge < -0.3 is 59.1 Å². The predicted molar refractivity (Wildman–Crippen MR) is 177 cm³/mol. The van der Waals surface area contributed by atoms with Crippen molar-refractivity contribution in [3.63, 3.8) is 0 Å². The van der Waals surface area contributed by atoms with Crippen molar-refractivity contribution in [1.82, 2.24) is 0 Å². The lowest BCUT2D eigenvalue weighted by Crippen LogP contribution is -2.64. The number of aliphatic hydroxyl groups is 6. The summed E-state index contributed by atoms with van der Waals surface area (Å²) in [6.07, 6.45) is -3.20. The first kappa shape index (κ1) is 36.2. The Kier molecular flexibility index (Phi) is 9.38. The molecule has 0 bridgehead atoms. The highest BCUT2D eigenvalue weighted by Crippen LogP contribution is 2.71. The average Bonchev–Trinajstić information content (AvgIpc) is 3.53. The molecule has 0 unspecified atom stereocenters. The van der Waals surface area contributed by atoms with Crippen LogP contribution in [0.3, 0.4) is 0 Å². The van der Waals surface area contributed by atoms with Gasteiger partial charge in [0.2, 0.25) is 0 Å². The van der Waals surface area contributed by atoms with Crippen LogP contribution in [0.5, 0.6) is 0 Å². The van der Waals surface area contributed by atoms with E-state index >= 15 is 0 Å². The van der Waals surface area contributed by atoms with Gasteiger partial charge >= 0.3 is 0 Å². The Bertz CT molecular complexity index is 1290. The lowest BCUT2D eigenvalue weighted by atomic mass is 9.46. The summed E-state index contributed by atoms with van der Waals surface area (Å²) in [5, 5.41) is 64.1. The molecule has 12 heteroatoms. The largest absolute Gasteiger partial charge is 0.393 e. The van der Waals surface area contributed by atoms with E-state index in [0.29, 0.717) is 48.3 Å². The number of fused-ring (bicyclic) bond motifs is 7. The lowest BCUT2D eigenvalue weighted by Gasteiger charge is -2.60. The summed E-state index contributed by atoms with van der Waals surface area (Å²) in [7, 11) is 0. The molecular weight excluding hydrogens is 648 g/mol. The molecule has 1 spiro atoms. The van der Waals surface area contributed by atoms with Gasteiger partial charge in [-0.05, 0) is 80.5 Å². The molecule has 6 N–H and O–H groups in total. The van der Waals surface area contributed by atoms with Crippen molar-refractivity contribution in [2.75, 3.05) is 13.2 Å². The standard InChI is InChI=1S/C38H60O12/c1-17-8-11-38(46-15-17)18(2)28-26(50-38)14-24-22-7-6-20-12-21(39)13-27(37(20,5)23(22)9-10-36(24,28)4)48-35-33(31(43)29(41)19(3)47-35)49-34-32(44)30(42)25(40)16-45-34/h6,17-19,21-35,39-44H,7-16H2,1-5H3/t17-,18-,19-,21+,22+,23-,24-,25+,26-,27+,28-,29-,30-,31+,32+,33+,34-,35-,36-,37-,38+/m0/s1. The third-order valence-corrected chi connectivity index (χ3v) is 15.2. The molecule has 0 radical (unpaired) electrons. The second-order valence-corrected chi connectivity index (χ2v) is 17.9. The zero-order valence-electron chi connectivity index (χ0n) is 30.2. The molecule has 50 heavy (non-hydrogen) atoms. The van der Waals surface area contributed by atoms with Crippen molar-refractivity contribution >= 4 is 0 Å². The van der Waals surface area contributed by atoms with Crippen molar-refractivity contribution in [3.05, 3.63) is 11.6 Å². The topological polar surface area (TPSA) is 177 Å². The minimum absolute atomic E-state index is 0.132. The number of rotatable bonds is 4. The van der Waals surface area contributed by atoms with Crippen LogP contribution < -0.4 is 0 Å². The molecule has 3 saturated carbocycles. The second-order valence-electron chi connectivity index (χ2n) is 17.9. The van der Waals surface area contributed by atoms with Crippen molar-refractivity contribution in [2.45, 2.75) is 165 Å². The predicted octanol–water partition coefficient (Wildman–Crippen LogP) is 2.00. The fourth-order valence-electron chi connectivity index (χ4n) is 12.4. The Labute approximate surface area is 295 Å². The SMILES string of the molecule is C[C@H]1CC[C@@]2(OC1)O[C@H]1C[C@H]3[C@@H]4CC=C5C[C@@H](O)C[C@@H](O[C@@H]6O[C@@H](C)[C@H](O)[C@@H](O)[C@H]6O[C@@H]6OC[C@@H](O)[C@H](O)[C@H]6O)[C@]5(C)[C@H]4CC[C@]3(C)[C@H]1[C@@H]2C. The molecule has 8 aliphatic rings. The van der Waals surface area contributed by atoms with E-state index in [0.717, 1.165) is 45.1 Å². The second kappa shape index (κ2) is 12.9. The summed E-state index contributed by atoms with van der Waals surface area (Å²) in [6.45, 7) is 11.5. The zero-order valence-corrected chi connectivity index (χ0v) is 30.2. The summed E-state index contributed by atoms with van der Waals surface area (Å²) in [4.78, 5) is 0. The number of aliphatic hydroxyl groups excluding tert-OH is 6. The van der Waals surface area contributed by atoms with Crippen LogP contribution in [0.15, 0.2) is 11.6 Å². The summed E-state index contributed by atoms with van der Waals surface area (Å²) < 4.78 is 38.0. The summed E-state index contributed by atoms with van der Waals surface area (Å²) in [5.74, 6) is 2.07. The van der Waals surface area contributed by atoms with Crippen molar-refractivity contribution in [2.24, 2.45) is 46.3 Å². The first-order chi connectivity index (χ1) is 23.7. The van der Waals surface area contributed by atoms with Gasteiger partial charge in [-0.25, -0.2) is 0 Å². The number of allylic oxidation sites excluding steroid dienone is 1. The molecule has 4 aliphatic heterocycles. The maximum atomic E-state index is 11.2. The van der Waals surface area contributed by atoms with Crippen molar-refractivity contribution in [1.29, 1.82) is 0 Å². The molecule has 0 aromatic carbocycles. The minimum atomic E-state index is -1.59. The van der Waals surface area contributed by atoms with Crippen LogP contribution >= 0.6 is 0 Å². The number of hydrogen-bond acceptors (Lipinski definition) is 12. The van der Waals surface area contributed by atoms with Gasteiger partial charge in [0.1, 0.15) is 36.6 Å². The zero-order chi connectivity index (χ0) is 35.5. The van der Waals surface area contributed by atoms with Crippen LogP contribution in [0.1, 0.15) is 86.0 Å². The smallest absolute Gasteiger partial charge is 0.187 e. The molecule has 12 nitrogen and oxygen atoms in total. The van der Waals surface area contributed by atoms with E-state index in [9.17, 15) is 30.6 Å². The van der Waals surface area contributed by atoms with E-state index in [4.69, 9.17) is 28.4 Å². The Morgan fingerprint density at radius 2 is 1.60 bits per heavy atom. The van der Waals surface area contributed by atoms with Gasteiger partial charge in [0, 0.05) is 24.2 Å². The molecular formula is C38H60O12. The lowest BCUT2D eigenvalue weighted by molar-refractivity contribution is -0.365. The fourth-order valence-corrected chi connectivity index (χ4v) is 12.4. The molecule has 8 rings (SSSR count). The van der Waals surface area contributed by atoms with Gasteiger partial charge in [-0.3, -0.25) is 0 Å². The van der Waals surface area contributed by atoms with Crippen molar-refractivity contribution in [3.8, 4) is 0 Å². The Hall–Kier alpha value is -0.740. The Morgan fingerprint density at radius 3 is 2.34 bits per heavy atom. The molecule has 21 atom stereocenters. The maximum absolute atomic E-state index is 11.2. The quantitative estimate of drug-likeness (QED) is 0.235. The third kappa shape index (κ3) is 5.45. The van der Waals surface area contributed by atoms with Crippen LogP contribution in [-0.2, 0) is 28.4 Å². The van der Waals surface area contributed by atoms with E-state index in [1.54, 1.807) is 6.92 Å². The molecule has 0 amide bonds. The summed E-state index contributed by atoms with van der Waals surface area (Å²) in [6, 6.07) is 0. The Balaban J connectivity index is 1.05. The highest BCUT2D eigenvalue weighted by Gasteiger charge is 2.69. The van der Waals surface area contributed by atoms with Crippen LogP contribution in [0.2, 0.25) is 0 Å². The minimum Gasteiger partial charge on any atom is -0.393 e. The van der Waals surface area contributed by atoms with E-state index in [-0.39, 0.29) is 18.1 Å². The van der Waals surface area contributed by atoms with Crippen molar-refractivity contribution < 1.29 is 59.1 Å². The highest BCUT2D eigenvalue weighted by molar-refractivity contribution is 5.29. The van der Waals surface area contributed by atoms with E-state index in [1.807, 2.05) is 0 Å². The normalized spacial score (nSPS) is 59.3. The third-order valence-electron chi connectivity index (χ3n) is 15.2. The van der Waals surface area contributed by atoms with Crippen LogP contribution in [0.25, 0.3) is 0 Å². The van der Waals surface area contributed by atoms with E-state index < -0.39 is 78.7 Å². The van der Waals surface area contributed by atoms with Gasteiger partial charge in [0.15, 0.2) is 18.4 Å². The fraction of sp³-hybridized carbons (Fsp3) is 0.947. The van der Waals surface area contributed by atoms with Gasteiger partial charge in [-0.1, -0.05) is 39.3 Å². The highest BCUT2D eigenvalue weighted by atomic mass is 16.8. The summed E-state index contributed by atoms with van der Waals surface area (Å²) in [5.41, 5.74) is 0.909. The molecule has 0 aromatic heterocycles. The van der Waals surface area contributed by atoms with Gasteiger partial charge in [-0.2, -0.15) is 0 Å². The van der Waals surface area contributed by atoms with Gasteiger partial charge in [0.05, 0.1) is 37.6 Å². The van der Waals surface area contributed by atoms with Gasteiger partial charge in [-0.15, -0.1) is 0 Å². The molecule has 4 aliphatic carbocycles. The molecule has 284 valence electrons. The van der Waals surface area contributed by atoms with Crippen LogP contribution in [-0.4, -0.2) is 123 Å². The molecule has 0 aromatic rings. The monoisotopic (exact) mass is 708 g/mol. The average molecular weight is 709 g/mol. The number of ether oxygens (including phenoxy) is 6. The number of hydrogen-bond donors (Lipinski definition) is 6.